The van der Waals surface area contributed by atoms with Crippen LogP contribution in [0.3, 0.4) is 0 Å². The molecule has 0 radical (unpaired) electrons. The van der Waals surface area contributed by atoms with Crippen molar-refractivity contribution < 1.29 is 4.74 Å². The number of aromatic nitrogens is 1. The van der Waals surface area contributed by atoms with E-state index in [4.69, 9.17) is 4.74 Å². The normalized spacial score (nSPS) is 22.4. The van der Waals surface area contributed by atoms with Crippen molar-refractivity contribution in [2.45, 2.75) is 44.8 Å². The van der Waals surface area contributed by atoms with Crippen LogP contribution in [-0.2, 0) is 4.74 Å². The molecule has 0 spiro atoms. The molecule has 0 bridgehead atoms. The van der Waals surface area contributed by atoms with Gasteiger partial charge in [-0.05, 0) is 31.9 Å². The van der Waals surface area contributed by atoms with E-state index in [-0.39, 0.29) is 0 Å². The van der Waals surface area contributed by atoms with Crippen LogP contribution in [0.15, 0.2) is 48.5 Å². The molecule has 0 saturated heterocycles. The van der Waals surface area contributed by atoms with Crippen molar-refractivity contribution in [3.05, 3.63) is 48.5 Å². The molecule has 0 amide bonds. The summed E-state index contributed by atoms with van der Waals surface area (Å²) in [6.45, 7) is 2.91. The monoisotopic (exact) mass is 293 g/mol. The van der Waals surface area contributed by atoms with Crippen LogP contribution in [0.5, 0.6) is 0 Å². The van der Waals surface area contributed by atoms with Gasteiger partial charge in [-0.2, -0.15) is 0 Å². The number of rotatable bonds is 3. The van der Waals surface area contributed by atoms with Gasteiger partial charge in [0.15, 0.2) is 0 Å². The van der Waals surface area contributed by atoms with Gasteiger partial charge in [0.1, 0.15) is 0 Å². The minimum Gasteiger partial charge on any atom is -0.376 e. The van der Waals surface area contributed by atoms with E-state index >= 15 is 0 Å². The van der Waals surface area contributed by atoms with E-state index in [0.29, 0.717) is 12.1 Å². The van der Waals surface area contributed by atoms with E-state index in [1.54, 1.807) is 0 Å². The van der Waals surface area contributed by atoms with Gasteiger partial charge in [0, 0.05) is 28.4 Å². The molecule has 0 N–H and O–H groups in total. The number of fused-ring (bicyclic) bond motifs is 3. The van der Waals surface area contributed by atoms with Crippen molar-refractivity contribution in [2.75, 3.05) is 6.61 Å². The first-order valence-corrected chi connectivity index (χ1v) is 8.49. The zero-order chi connectivity index (χ0) is 14.9. The van der Waals surface area contributed by atoms with Gasteiger partial charge in [-0.15, -0.1) is 0 Å². The molecular weight excluding hydrogens is 270 g/mol. The summed E-state index contributed by atoms with van der Waals surface area (Å²) < 4.78 is 8.64. The van der Waals surface area contributed by atoms with Crippen LogP contribution in [0.2, 0.25) is 0 Å². The van der Waals surface area contributed by atoms with Crippen molar-refractivity contribution in [1.82, 2.24) is 4.57 Å². The van der Waals surface area contributed by atoms with Gasteiger partial charge in [0.25, 0.3) is 0 Å². The summed E-state index contributed by atoms with van der Waals surface area (Å²) in [7, 11) is 0. The molecular formula is C20H23NO. The molecule has 22 heavy (non-hydrogen) atoms. The molecule has 1 heterocycles. The molecule has 1 aromatic heterocycles. The zero-order valence-corrected chi connectivity index (χ0v) is 13.2. The van der Waals surface area contributed by atoms with E-state index in [2.05, 4.69) is 60.0 Å². The smallest absolute Gasteiger partial charge is 0.0782 e. The number of nitrogens with zero attached hydrogens (tertiary/aromatic N) is 1. The molecule has 1 aliphatic rings. The molecule has 1 aliphatic carbocycles. The van der Waals surface area contributed by atoms with E-state index in [1.165, 1.54) is 47.5 Å². The Morgan fingerprint density at radius 1 is 0.909 bits per heavy atom. The van der Waals surface area contributed by atoms with Gasteiger partial charge in [0.2, 0.25) is 0 Å². The topological polar surface area (TPSA) is 14.2 Å². The number of hydrogen-bond donors (Lipinski definition) is 0. The minimum absolute atomic E-state index is 0.345. The van der Waals surface area contributed by atoms with Crippen molar-refractivity contribution in [1.29, 1.82) is 0 Å². The maximum absolute atomic E-state index is 6.10. The molecule has 1 fully saturated rings. The summed E-state index contributed by atoms with van der Waals surface area (Å²) in [6.07, 6.45) is 5.33. The van der Waals surface area contributed by atoms with Crippen LogP contribution < -0.4 is 0 Å². The Hall–Kier alpha value is -1.80. The molecule has 2 aromatic carbocycles. The molecule has 114 valence electrons. The highest BCUT2D eigenvalue weighted by atomic mass is 16.5. The van der Waals surface area contributed by atoms with Gasteiger partial charge in [-0.25, -0.2) is 0 Å². The molecule has 0 unspecified atom stereocenters. The summed E-state index contributed by atoms with van der Waals surface area (Å²) in [6, 6.07) is 18.0. The highest BCUT2D eigenvalue weighted by Crippen LogP contribution is 2.38. The Kier molecular flexibility index (Phi) is 3.63. The number of hydrogen-bond acceptors (Lipinski definition) is 1. The largest absolute Gasteiger partial charge is 0.376 e. The van der Waals surface area contributed by atoms with Crippen LogP contribution in [-0.4, -0.2) is 17.3 Å². The predicted octanol–water partition coefficient (Wildman–Crippen LogP) is 5.31. The van der Waals surface area contributed by atoms with E-state index < -0.39 is 0 Å². The fourth-order valence-electron chi connectivity index (χ4n) is 4.09. The first kappa shape index (κ1) is 13.8. The van der Waals surface area contributed by atoms with Crippen LogP contribution >= 0.6 is 0 Å². The van der Waals surface area contributed by atoms with Gasteiger partial charge in [-0.3, -0.25) is 0 Å². The second kappa shape index (κ2) is 5.77. The van der Waals surface area contributed by atoms with E-state index in [9.17, 15) is 0 Å². The lowest BCUT2D eigenvalue weighted by Crippen LogP contribution is -2.30. The number of ether oxygens (including phenoxy) is 1. The van der Waals surface area contributed by atoms with E-state index in [1.807, 2.05) is 0 Å². The Balaban J connectivity index is 1.95. The second-order valence-corrected chi connectivity index (χ2v) is 6.25. The summed E-state index contributed by atoms with van der Waals surface area (Å²) in [5.41, 5.74) is 2.70. The first-order chi connectivity index (χ1) is 10.9. The Morgan fingerprint density at radius 3 is 2.14 bits per heavy atom. The van der Waals surface area contributed by atoms with Crippen LogP contribution in [0, 0.1) is 0 Å². The average molecular weight is 293 g/mol. The highest BCUT2D eigenvalue weighted by molar-refractivity contribution is 6.08. The molecule has 1 saturated carbocycles. The summed E-state index contributed by atoms with van der Waals surface area (Å²) in [4.78, 5) is 0. The number of para-hydroxylation sites is 2. The molecule has 2 nitrogen and oxygen atoms in total. The predicted molar refractivity (Wildman–Crippen MR) is 92.4 cm³/mol. The SMILES string of the molecule is CCO[C@@H]1CCCC[C@H]1n1c2ccccc2c2ccccc21. The van der Waals surface area contributed by atoms with Gasteiger partial charge < -0.3 is 9.30 Å². The Bertz CT molecular complexity index is 733. The first-order valence-electron chi connectivity index (χ1n) is 8.49. The lowest BCUT2D eigenvalue weighted by atomic mass is 9.92. The third-order valence-corrected chi connectivity index (χ3v) is 5.00. The minimum atomic E-state index is 0.345. The van der Waals surface area contributed by atoms with E-state index in [0.717, 1.165) is 6.61 Å². The molecule has 0 aliphatic heterocycles. The third-order valence-electron chi connectivity index (χ3n) is 5.00. The maximum Gasteiger partial charge on any atom is 0.0782 e. The Labute approximate surface area is 131 Å². The standard InChI is InChI=1S/C20H23NO/c1-2-22-20-14-8-7-13-19(20)21-17-11-5-3-9-15(17)16-10-4-6-12-18(16)21/h3-6,9-12,19-20H,2,7-8,13-14H2,1H3/t19-,20-/m1/s1. The third kappa shape index (κ3) is 2.14. The van der Waals surface area contributed by atoms with Crippen LogP contribution in [0.1, 0.15) is 38.6 Å². The summed E-state index contributed by atoms with van der Waals surface area (Å²) in [5, 5.41) is 2.72. The lowest BCUT2D eigenvalue weighted by molar-refractivity contribution is 0.00330. The maximum atomic E-state index is 6.10. The van der Waals surface area contributed by atoms with Crippen molar-refractivity contribution in [3.8, 4) is 0 Å². The van der Waals surface area contributed by atoms with Crippen molar-refractivity contribution in [3.63, 3.8) is 0 Å². The fourth-order valence-corrected chi connectivity index (χ4v) is 4.09. The fraction of sp³-hybridized carbons (Fsp3) is 0.400. The van der Waals surface area contributed by atoms with Crippen molar-refractivity contribution >= 4 is 21.8 Å². The average Bonchev–Trinajstić information content (AvgIpc) is 2.90. The van der Waals surface area contributed by atoms with Crippen LogP contribution in [0.4, 0.5) is 0 Å². The second-order valence-electron chi connectivity index (χ2n) is 6.25. The van der Waals surface area contributed by atoms with Gasteiger partial charge >= 0.3 is 0 Å². The van der Waals surface area contributed by atoms with Crippen molar-refractivity contribution in [2.24, 2.45) is 0 Å². The van der Waals surface area contributed by atoms with Gasteiger partial charge in [-0.1, -0.05) is 49.2 Å². The quantitative estimate of drug-likeness (QED) is 0.638. The molecule has 3 aromatic rings. The zero-order valence-electron chi connectivity index (χ0n) is 13.2. The van der Waals surface area contributed by atoms with Gasteiger partial charge in [0.05, 0.1) is 12.1 Å². The van der Waals surface area contributed by atoms with Crippen LogP contribution in [0.25, 0.3) is 21.8 Å². The molecule has 2 heteroatoms. The Morgan fingerprint density at radius 2 is 1.50 bits per heavy atom. The molecule has 4 rings (SSSR count). The summed E-state index contributed by atoms with van der Waals surface area (Å²) in [5.74, 6) is 0. The number of benzene rings is 2. The lowest BCUT2D eigenvalue weighted by Gasteiger charge is -2.33. The molecule has 2 atom stereocenters. The highest BCUT2D eigenvalue weighted by Gasteiger charge is 2.29. The summed E-state index contributed by atoms with van der Waals surface area (Å²) >= 11 is 0.